The third-order valence-corrected chi connectivity index (χ3v) is 3.18. The van der Waals surface area contributed by atoms with Gasteiger partial charge in [-0.05, 0) is 31.4 Å². The van der Waals surface area contributed by atoms with Crippen molar-refractivity contribution in [3.8, 4) is 0 Å². The molecule has 92 valence electrons. The molecule has 1 N–H and O–H groups in total. The van der Waals surface area contributed by atoms with Gasteiger partial charge in [-0.25, -0.2) is 8.78 Å². The van der Waals surface area contributed by atoms with Crippen molar-refractivity contribution in [2.75, 3.05) is 0 Å². The Kier molecular flexibility index (Phi) is 3.41. The zero-order chi connectivity index (χ0) is 12.4. The maximum absolute atomic E-state index is 13.5. The minimum atomic E-state index is -0.802. The van der Waals surface area contributed by atoms with Crippen molar-refractivity contribution >= 4 is 5.91 Å². The van der Waals surface area contributed by atoms with E-state index in [9.17, 15) is 13.6 Å². The van der Waals surface area contributed by atoms with E-state index >= 15 is 0 Å². The Morgan fingerprint density at radius 3 is 2.53 bits per heavy atom. The highest BCUT2D eigenvalue weighted by Crippen LogP contribution is 2.19. The van der Waals surface area contributed by atoms with Crippen LogP contribution >= 0.6 is 0 Å². The molecular formula is C13H15F2NO. The van der Waals surface area contributed by atoms with E-state index in [1.165, 1.54) is 13.0 Å². The summed E-state index contributed by atoms with van der Waals surface area (Å²) in [7, 11) is 0. The molecule has 0 spiro atoms. The predicted octanol–water partition coefficient (Wildman–Crippen LogP) is 2.95. The van der Waals surface area contributed by atoms with Crippen LogP contribution in [0.3, 0.4) is 0 Å². The van der Waals surface area contributed by atoms with Crippen LogP contribution in [0, 0.1) is 18.6 Å². The number of amides is 1. The van der Waals surface area contributed by atoms with Crippen LogP contribution in [0.1, 0.15) is 41.6 Å². The topological polar surface area (TPSA) is 29.1 Å². The molecule has 1 aromatic rings. The van der Waals surface area contributed by atoms with Crippen LogP contribution in [0.15, 0.2) is 12.1 Å². The van der Waals surface area contributed by atoms with Crippen LogP contribution in [-0.2, 0) is 0 Å². The molecule has 17 heavy (non-hydrogen) atoms. The van der Waals surface area contributed by atoms with Crippen LogP contribution in [0.25, 0.3) is 0 Å². The van der Waals surface area contributed by atoms with Crippen LogP contribution in [0.2, 0.25) is 0 Å². The molecule has 0 unspecified atom stereocenters. The van der Waals surface area contributed by atoms with E-state index in [4.69, 9.17) is 0 Å². The third kappa shape index (κ3) is 2.62. The summed E-state index contributed by atoms with van der Waals surface area (Å²) in [5.74, 6) is -1.87. The molecule has 0 atom stereocenters. The smallest absolute Gasteiger partial charge is 0.254 e. The van der Waals surface area contributed by atoms with Gasteiger partial charge in [0, 0.05) is 12.1 Å². The molecule has 1 fully saturated rings. The molecule has 0 radical (unpaired) electrons. The van der Waals surface area contributed by atoms with Gasteiger partial charge in [-0.1, -0.05) is 12.8 Å². The van der Waals surface area contributed by atoms with E-state index in [1.54, 1.807) is 0 Å². The predicted molar refractivity (Wildman–Crippen MR) is 60.8 cm³/mol. The summed E-state index contributed by atoms with van der Waals surface area (Å²) >= 11 is 0. The first-order valence-corrected chi connectivity index (χ1v) is 5.84. The molecule has 2 nitrogen and oxygen atoms in total. The Hall–Kier alpha value is -1.45. The molecule has 0 saturated heterocycles. The number of hydrogen-bond donors (Lipinski definition) is 1. The van der Waals surface area contributed by atoms with Crippen molar-refractivity contribution in [1.82, 2.24) is 5.32 Å². The van der Waals surface area contributed by atoms with E-state index < -0.39 is 17.5 Å². The van der Waals surface area contributed by atoms with Gasteiger partial charge in [0.25, 0.3) is 5.91 Å². The zero-order valence-corrected chi connectivity index (χ0v) is 9.72. The first kappa shape index (κ1) is 12.0. The highest BCUT2D eigenvalue weighted by molar-refractivity contribution is 5.94. The summed E-state index contributed by atoms with van der Waals surface area (Å²) in [6.45, 7) is 1.52. The summed E-state index contributed by atoms with van der Waals surface area (Å²) in [4.78, 5) is 11.8. The van der Waals surface area contributed by atoms with Gasteiger partial charge in [-0.15, -0.1) is 0 Å². The quantitative estimate of drug-likeness (QED) is 0.844. The van der Waals surface area contributed by atoms with Crippen molar-refractivity contribution in [2.45, 2.75) is 38.6 Å². The highest BCUT2D eigenvalue weighted by Gasteiger charge is 2.20. The van der Waals surface area contributed by atoms with Crippen LogP contribution in [0.4, 0.5) is 8.78 Å². The first-order valence-electron chi connectivity index (χ1n) is 5.84. The lowest BCUT2D eigenvalue weighted by Gasteiger charge is -2.12. The normalized spacial score (nSPS) is 16.2. The number of nitrogens with one attached hydrogen (secondary N) is 1. The Morgan fingerprint density at radius 1 is 1.24 bits per heavy atom. The molecule has 1 saturated carbocycles. The second kappa shape index (κ2) is 4.82. The molecule has 1 aliphatic carbocycles. The molecule has 2 rings (SSSR count). The van der Waals surface area contributed by atoms with Gasteiger partial charge in [-0.2, -0.15) is 0 Å². The minimum absolute atomic E-state index is 0.0733. The van der Waals surface area contributed by atoms with E-state index in [2.05, 4.69) is 5.32 Å². The Bertz CT molecular complexity index is 439. The second-order valence-electron chi connectivity index (χ2n) is 4.54. The Labute approximate surface area is 99.0 Å². The summed E-state index contributed by atoms with van der Waals surface area (Å²) in [5.41, 5.74) is 0.207. The summed E-state index contributed by atoms with van der Waals surface area (Å²) in [6.07, 6.45) is 4.06. The molecule has 1 aromatic carbocycles. The minimum Gasteiger partial charge on any atom is -0.349 e. The van der Waals surface area contributed by atoms with Gasteiger partial charge in [0.2, 0.25) is 0 Å². The number of aryl methyl sites for hydroxylation is 1. The van der Waals surface area contributed by atoms with Crippen LogP contribution < -0.4 is 5.32 Å². The Morgan fingerprint density at radius 2 is 1.88 bits per heavy atom. The number of carbonyl (C=O) groups is 1. The largest absolute Gasteiger partial charge is 0.349 e. The molecule has 0 bridgehead atoms. The summed E-state index contributed by atoms with van der Waals surface area (Å²) in [6, 6.07) is 2.15. The number of halogens is 2. The molecule has 0 heterocycles. The standard InChI is InChI=1S/C13H15F2NO/c1-8-6-10(12(15)7-11(8)14)13(17)16-9-4-2-3-5-9/h6-7,9H,2-5H2,1H3,(H,16,17). The maximum atomic E-state index is 13.5. The van der Waals surface area contributed by atoms with Crippen molar-refractivity contribution in [2.24, 2.45) is 0 Å². The maximum Gasteiger partial charge on any atom is 0.254 e. The van der Waals surface area contributed by atoms with E-state index in [1.807, 2.05) is 0 Å². The first-order chi connectivity index (χ1) is 8.08. The lowest BCUT2D eigenvalue weighted by Crippen LogP contribution is -2.33. The third-order valence-electron chi connectivity index (χ3n) is 3.18. The molecular weight excluding hydrogens is 224 g/mol. The Balaban J connectivity index is 2.15. The molecule has 0 aliphatic heterocycles. The van der Waals surface area contributed by atoms with E-state index in [-0.39, 0.29) is 17.2 Å². The lowest BCUT2D eigenvalue weighted by atomic mass is 10.1. The monoisotopic (exact) mass is 239 g/mol. The van der Waals surface area contributed by atoms with Gasteiger partial charge < -0.3 is 5.32 Å². The number of rotatable bonds is 2. The summed E-state index contributed by atoms with van der Waals surface area (Å²) in [5, 5.41) is 2.78. The molecule has 0 aromatic heterocycles. The van der Waals surface area contributed by atoms with Crippen molar-refractivity contribution in [1.29, 1.82) is 0 Å². The van der Waals surface area contributed by atoms with Gasteiger partial charge in [-0.3, -0.25) is 4.79 Å². The van der Waals surface area contributed by atoms with E-state index in [0.29, 0.717) is 0 Å². The average molecular weight is 239 g/mol. The number of carbonyl (C=O) groups excluding carboxylic acids is 1. The van der Waals surface area contributed by atoms with Gasteiger partial charge >= 0.3 is 0 Å². The fourth-order valence-electron chi connectivity index (χ4n) is 2.16. The van der Waals surface area contributed by atoms with Crippen LogP contribution in [0.5, 0.6) is 0 Å². The second-order valence-corrected chi connectivity index (χ2v) is 4.54. The SMILES string of the molecule is Cc1cc(C(=O)NC2CCCC2)c(F)cc1F. The molecule has 4 heteroatoms. The summed E-state index contributed by atoms with van der Waals surface area (Å²) < 4.78 is 26.5. The van der Waals surface area contributed by atoms with Crippen molar-refractivity contribution in [3.63, 3.8) is 0 Å². The average Bonchev–Trinajstić information content (AvgIpc) is 2.76. The zero-order valence-electron chi connectivity index (χ0n) is 9.72. The van der Waals surface area contributed by atoms with Crippen LogP contribution in [-0.4, -0.2) is 11.9 Å². The molecule has 1 amide bonds. The van der Waals surface area contributed by atoms with E-state index in [0.717, 1.165) is 31.7 Å². The highest BCUT2D eigenvalue weighted by atomic mass is 19.1. The fraction of sp³-hybridized carbons (Fsp3) is 0.462. The van der Waals surface area contributed by atoms with Crippen molar-refractivity contribution < 1.29 is 13.6 Å². The number of benzene rings is 1. The van der Waals surface area contributed by atoms with Gasteiger partial charge in [0.1, 0.15) is 11.6 Å². The van der Waals surface area contributed by atoms with Crippen molar-refractivity contribution in [3.05, 3.63) is 34.9 Å². The van der Waals surface area contributed by atoms with Gasteiger partial charge in [0.15, 0.2) is 0 Å². The molecule has 1 aliphatic rings. The van der Waals surface area contributed by atoms with Gasteiger partial charge in [0.05, 0.1) is 5.56 Å². The fourth-order valence-corrected chi connectivity index (χ4v) is 2.16. The lowest BCUT2D eigenvalue weighted by molar-refractivity contribution is 0.0933. The number of hydrogen-bond acceptors (Lipinski definition) is 1.